The first-order valence-electron chi connectivity index (χ1n) is 8.05. The van der Waals surface area contributed by atoms with E-state index in [-0.39, 0.29) is 12.1 Å². The van der Waals surface area contributed by atoms with Gasteiger partial charge in [0.05, 0.1) is 5.56 Å². The van der Waals surface area contributed by atoms with Crippen molar-refractivity contribution in [2.24, 2.45) is 0 Å². The van der Waals surface area contributed by atoms with Gasteiger partial charge >= 0.3 is 0 Å². The van der Waals surface area contributed by atoms with Crippen LogP contribution in [0.1, 0.15) is 47.4 Å². The number of carbonyl (C=O) groups is 1. The fourth-order valence-corrected chi connectivity index (χ4v) is 3.18. The standard InChI is InChI=1S/C19H20N2O/c1-2-13-7-9-14(10-8-13)18-20-17-6-4-3-5-16(17)19(22)21(18)15-11-12-15/h3-10,15,18,20H,2,11-12H2,1H3/t18-/m1/s1. The minimum atomic E-state index is -0.0548. The molecule has 3 heteroatoms. The molecule has 1 atom stereocenters. The first-order chi connectivity index (χ1) is 10.8. The summed E-state index contributed by atoms with van der Waals surface area (Å²) >= 11 is 0. The summed E-state index contributed by atoms with van der Waals surface area (Å²) in [5.74, 6) is 0.154. The van der Waals surface area contributed by atoms with E-state index in [1.807, 2.05) is 29.2 Å². The van der Waals surface area contributed by atoms with Crippen molar-refractivity contribution >= 4 is 11.6 Å². The van der Waals surface area contributed by atoms with E-state index in [0.29, 0.717) is 6.04 Å². The van der Waals surface area contributed by atoms with Crippen molar-refractivity contribution in [1.29, 1.82) is 0 Å². The molecular weight excluding hydrogens is 272 g/mol. The third kappa shape index (κ3) is 2.17. The predicted molar refractivity (Wildman–Crippen MR) is 87.8 cm³/mol. The molecule has 1 amide bonds. The van der Waals surface area contributed by atoms with Crippen molar-refractivity contribution in [1.82, 2.24) is 4.90 Å². The first kappa shape index (κ1) is 13.4. The predicted octanol–water partition coefficient (Wildman–Crippen LogP) is 3.98. The monoisotopic (exact) mass is 292 g/mol. The molecule has 22 heavy (non-hydrogen) atoms. The maximum absolute atomic E-state index is 12.9. The van der Waals surface area contributed by atoms with Crippen molar-refractivity contribution in [3.05, 3.63) is 65.2 Å². The number of carbonyl (C=O) groups excluding carboxylic acids is 1. The molecule has 1 fully saturated rings. The molecule has 0 spiro atoms. The second-order valence-corrected chi connectivity index (χ2v) is 6.13. The fourth-order valence-electron chi connectivity index (χ4n) is 3.18. The van der Waals surface area contributed by atoms with Crippen LogP contribution < -0.4 is 5.32 Å². The third-order valence-corrected chi connectivity index (χ3v) is 4.61. The topological polar surface area (TPSA) is 32.3 Å². The average molecular weight is 292 g/mol. The van der Waals surface area contributed by atoms with E-state index in [9.17, 15) is 4.79 Å². The molecule has 0 radical (unpaired) electrons. The van der Waals surface area contributed by atoms with E-state index < -0.39 is 0 Å². The van der Waals surface area contributed by atoms with Crippen LogP contribution in [0.15, 0.2) is 48.5 Å². The largest absolute Gasteiger partial charge is 0.361 e. The minimum absolute atomic E-state index is 0.0548. The van der Waals surface area contributed by atoms with Crippen LogP contribution >= 0.6 is 0 Å². The summed E-state index contributed by atoms with van der Waals surface area (Å²) < 4.78 is 0. The van der Waals surface area contributed by atoms with Gasteiger partial charge in [0.15, 0.2) is 0 Å². The zero-order valence-electron chi connectivity index (χ0n) is 12.8. The van der Waals surface area contributed by atoms with Crippen LogP contribution in [-0.2, 0) is 6.42 Å². The van der Waals surface area contributed by atoms with Crippen molar-refractivity contribution in [3.8, 4) is 0 Å². The Bertz CT molecular complexity index is 704. The molecule has 0 aromatic heterocycles. The molecule has 0 saturated heterocycles. The molecule has 1 heterocycles. The van der Waals surface area contributed by atoms with E-state index in [1.165, 1.54) is 5.56 Å². The maximum atomic E-state index is 12.9. The van der Waals surface area contributed by atoms with Crippen molar-refractivity contribution < 1.29 is 4.79 Å². The number of aryl methyl sites for hydroxylation is 1. The molecule has 4 rings (SSSR count). The highest BCUT2D eigenvalue weighted by molar-refractivity contribution is 6.02. The first-order valence-corrected chi connectivity index (χ1v) is 8.05. The lowest BCUT2D eigenvalue weighted by Gasteiger charge is -2.38. The summed E-state index contributed by atoms with van der Waals surface area (Å²) in [6, 6.07) is 16.8. The van der Waals surface area contributed by atoms with Gasteiger partial charge in [-0.1, -0.05) is 43.3 Å². The van der Waals surface area contributed by atoms with Crippen LogP contribution in [0.5, 0.6) is 0 Å². The highest BCUT2D eigenvalue weighted by Gasteiger charge is 2.41. The number of fused-ring (bicyclic) bond motifs is 1. The van der Waals surface area contributed by atoms with Crippen LogP contribution in [0, 0.1) is 0 Å². The zero-order chi connectivity index (χ0) is 15.1. The molecule has 1 aliphatic heterocycles. The summed E-state index contributed by atoms with van der Waals surface area (Å²) in [5.41, 5.74) is 4.21. The van der Waals surface area contributed by atoms with Crippen LogP contribution in [-0.4, -0.2) is 16.8 Å². The Morgan fingerprint density at radius 2 is 1.82 bits per heavy atom. The zero-order valence-corrected chi connectivity index (χ0v) is 12.8. The lowest BCUT2D eigenvalue weighted by Crippen LogP contribution is -2.44. The summed E-state index contributed by atoms with van der Waals surface area (Å²) in [7, 11) is 0. The molecular formula is C19H20N2O. The smallest absolute Gasteiger partial charge is 0.258 e. The van der Waals surface area contributed by atoms with Gasteiger partial charge in [-0.25, -0.2) is 0 Å². The number of nitrogens with zero attached hydrogens (tertiary/aromatic N) is 1. The second kappa shape index (κ2) is 5.16. The fraction of sp³-hybridized carbons (Fsp3) is 0.316. The summed E-state index contributed by atoms with van der Waals surface area (Å²) in [5, 5.41) is 3.56. The molecule has 2 aromatic carbocycles. The number of amides is 1. The SMILES string of the molecule is CCc1ccc([C@@H]2Nc3ccccc3C(=O)N2C2CC2)cc1. The van der Waals surface area contributed by atoms with Gasteiger partial charge in [-0.2, -0.15) is 0 Å². The van der Waals surface area contributed by atoms with Gasteiger partial charge in [-0.15, -0.1) is 0 Å². The highest BCUT2D eigenvalue weighted by atomic mass is 16.2. The molecule has 0 unspecified atom stereocenters. The van der Waals surface area contributed by atoms with Gasteiger partial charge in [0, 0.05) is 11.7 Å². The Morgan fingerprint density at radius 3 is 2.50 bits per heavy atom. The molecule has 1 saturated carbocycles. The second-order valence-electron chi connectivity index (χ2n) is 6.13. The summed E-state index contributed by atoms with van der Waals surface area (Å²) in [6.07, 6.45) is 3.20. The quantitative estimate of drug-likeness (QED) is 0.928. The van der Waals surface area contributed by atoms with Crippen LogP contribution in [0.25, 0.3) is 0 Å². The molecule has 2 aliphatic rings. The molecule has 0 bridgehead atoms. The van der Waals surface area contributed by atoms with Crippen LogP contribution in [0.4, 0.5) is 5.69 Å². The summed E-state index contributed by atoms with van der Waals surface area (Å²) in [4.78, 5) is 14.9. The average Bonchev–Trinajstić information content (AvgIpc) is 3.39. The van der Waals surface area contributed by atoms with Crippen molar-refractivity contribution in [3.63, 3.8) is 0 Å². The molecule has 3 nitrogen and oxygen atoms in total. The number of hydrogen-bond acceptors (Lipinski definition) is 2. The number of para-hydroxylation sites is 1. The van der Waals surface area contributed by atoms with Crippen LogP contribution in [0.2, 0.25) is 0 Å². The van der Waals surface area contributed by atoms with Gasteiger partial charge < -0.3 is 10.2 Å². The number of benzene rings is 2. The Hall–Kier alpha value is -2.29. The minimum Gasteiger partial charge on any atom is -0.361 e. The normalized spacial score (nSPS) is 20.5. The van der Waals surface area contributed by atoms with E-state index in [2.05, 4.69) is 36.5 Å². The number of rotatable bonds is 3. The maximum Gasteiger partial charge on any atom is 0.258 e. The van der Waals surface area contributed by atoms with Crippen molar-refractivity contribution in [2.75, 3.05) is 5.32 Å². The van der Waals surface area contributed by atoms with Crippen molar-refractivity contribution in [2.45, 2.75) is 38.4 Å². The Morgan fingerprint density at radius 1 is 1.09 bits per heavy atom. The van der Waals surface area contributed by atoms with Crippen LogP contribution in [0.3, 0.4) is 0 Å². The Kier molecular flexibility index (Phi) is 3.14. The van der Waals surface area contributed by atoms with E-state index in [0.717, 1.165) is 36.1 Å². The van der Waals surface area contributed by atoms with Gasteiger partial charge in [0.25, 0.3) is 5.91 Å². The van der Waals surface area contributed by atoms with E-state index >= 15 is 0 Å². The molecule has 112 valence electrons. The van der Waals surface area contributed by atoms with Gasteiger partial charge in [0.1, 0.15) is 6.17 Å². The van der Waals surface area contributed by atoms with E-state index in [4.69, 9.17) is 0 Å². The number of nitrogens with one attached hydrogen (secondary N) is 1. The van der Waals surface area contributed by atoms with Gasteiger partial charge in [-0.3, -0.25) is 4.79 Å². The third-order valence-electron chi connectivity index (χ3n) is 4.61. The highest BCUT2D eigenvalue weighted by Crippen LogP contribution is 2.40. The number of hydrogen-bond donors (Lipinski definition) is 1. The lowest BCUT2D eigenvalue weighted by atomic mass is 10.0. The molecule has 1 aliphatic carbocycles. The molecule has 2 aromatic rings. The van der Waals surface area contributed by atoms with Gasteiger partial charge in [0.2, 0.25) is 0 Å². The number of anilines is 1. The molecule has 1 N–H and O–H groups in total. The van der Waals surface area contributed by atoms with Gasteiger partial charge in [-0.05, 0) is 42.5 Å². The van der Waals surface area contributed by atoms with E-state index in [1.54, 1.807) is 0 Å². The lowest BCUT2D eigenvalue weighted by molar-refractivity contribution is 0.0666. The Labute approximate surface area is 131 Å². The Balaban J connectivity index is 1.75. The summed E-state index contributed by atoms with van der Waals surface area (Å²) in [6.45, 7) is 2.16.